The predicted octanol–water partition coefficient (Wildman–Crippen LogP) is 3.70. The maximum atomic E-state index is 12.7. The molecular formula is C16H20FN3O3. The number of carboxylic acid groups (broad SMARTS) is 1. The number of oxazole rings is 1. The molecule has 0 aliphatic heterocycles. The van der Waals surface area contributed by atoms with Crippen LogP contribution in [0.4, 0.5) is 14.9 Å². The van der Waals surface area contributed by atoms with Gasteiger partial charge in [-0.25, -0.2) is 14.2 Å². The van der Waals surface area contributed by atoms with Crippen molar-refractivity contribution in [1.29, 1.82) is 0 Å². The van der Waals surface area contributed by atoms with Crippen LogP contribution in [0, 0.1) is 0 Å². The molecule has 3 N–H and O–H groups in total. The Morgan fingerprint density at radius 1 is 1.43 bits per heavy atom. The molecule has 0 fully saturated rings. The Balaban J connectivity index is 1.98. The molecule has 0 saturated heterocycles. The third-order valence-electron chi connectivity index (χ3n) is 3.32. The molecule has 1 heterocycles. The van der Waals surface area contributed by atoms with Crippen molar-refractivity contribution in [2.24, 2.45) is 0 Å². The van der Waals surface area contributed by atoms with Crippen molar-refractivity contribution in [2.45, 2.75) is 26.2 Å². The van der Waals surface area contributed by atoms with Crippen molar-refractivity contribution in [3.63, 3.8) is 0 Å². The summed E-state index contributed by atoms with van der Waals surface area (Å²) in [5.41, 5.74) is 2.52. The van der Waals surface area contributed by atoms with Crippen molar-refractivity contribution in [2.75, 3.05) is 18.4 Å². The van der Waals surface area contributed by atoms with Crippen LogP contribution in [0.2, 0.25) is 0 Å². The van der Waals surface area contributed by atoms with Gasteiger partial charge in [-0.2, -0.15) is 0 Å². The van der Waals surface area contributed by atoms with E-state index in [0.717, 1.165) is 30.5 Å². The first-order chi connectivity index (χ1) is 11.1. The Bertz CT molecular complexity index is 697. The summed E-state index contributed by atoms with van der Waals surface area (Å²) in [7, 11) is 0. The van der Waals surface area contributed by atoms with Gasteiger partial charge >= 0.3 is 6.09 Å². The normalized spacial score (nSPS) is 11.7. The van der Waals surface area contributed by atoms with Crippen LogP contribution in [0.3, 0.4) is 0 Å². The highest BCUT2D eigenvalue weighted by Crippen LogP contribution is 2.21. The van der Waals surface area contributed by atoms with Gasteiger partial charge in [-0.15, -0.1) is 0 Å². The fraction of sp³-hybridized carbons (Fsp3) is 0.375. The van der Waals surface area contributed by atoms with Crippen LogP contribution in [-0.2, 0) is 6.42 Å². The summed E-state index contributed by atoms with van der Waals surface area (Å²) >= 11 is 0. The van der Waals surface area contributed by atoms with Gasteiger partial charge < -0.3 is 20.2 Å². The molecule has 1 amide bonds. The van der Waals surface area contributed by atoms with Crippen molar-refractivity contribution in [3.8, 4) is 0 Å². The second-order valence-electron chi connectivity index (χ2n) is 5.17. The number of fused-ring (bicyclic) bond motifs is 1. The molecule has 0 radical (unpaired) electrons. The summed E-state index contributed by atoms with van der Waals surface area (Å²) < 4.78 is 18.4. The van der Waals surface area contributed by atoms with Gasteiger partial charge in [-0.3, -0.25) is 0 Å². The largest absolute Gasteiger partial charge is 0.465 e. The summed E-state index contributed by atoms with van der Waals surface area (Å²) in [5.74, 6) is 0.717. The first kappa shape index (κ1) is 16.8. The van der Waals surface area contributed by atoms with Gasteiger partial charge in [0.1, 0.15) is 5.52 Å². The van der Waals surface area contributed by atoms with E-state index in [4.69, 9.17) is 9.52 Å². The Morgan fingerprint density at radius 3 is 2.96 bits per heavy atom. The lowest BCUT2D eigenvalue weighted by atomic mass is 10.2. The van der Waals surface area contributed by atoms with E-state index in [-0.39, 0.29) is 13.1 Å². The number of anilines is 1. The number of nitrogens with zero attached hydrogens (tertiary/aromatic N) is 1. The van der Waals surface area contributed by atoms with E-state index in [2.05, 4.69) is 22.5 Å². The zero-order valence-electron chi connectivity index (χ0n) is 12.9. The summed E-state index contributed by atoms with van der Waals surface area (Å²) in [4.78, 5) is 14.8. The van der Waals surface area contributed by atoms with E-state index in [0.29, 0.717) is 23.4 Å². The highest BCUT2D eigenvalue weighted by atomic mass is 19.1. The van der Waals surface area contributed by atoms with Crippen LogP contribution in [0.5, 0.6) is 0 Å². The molecule has 0 atom stereocenters. The molecule has 0 aliphatic carbocycles. The van der Waals surface area contributed by atoms with Crippen molar-refractivity contribution >= 4 is 22.9 Å². The molecule has 23 heavy (non-hydrogen) atoms. The van der Waals surface area contributed by atoms with Crippen LogP contribution in [0.15, 0.2) is 34.5 Å². The number of amides is 1. The lowest BCUT2D eigenvalue weighted by Gasteiger charge is -2.08. The van der Waals surface area contributed by atoms with Gasteiger partial charge in [0, 0.05) is 31.3 Å². The van der Waals surface area contributed by atoms with E-state index in [1.54, 1.807) is 6.07 Å². The fourth-order valence-electron chi connectivity index (χ4n) is 2.06. The number of rotatable bonds is 8. The molecule has 6 nitrogen and oxygen atoms in total. The standard InChI is InChI=1S/C16H20FN3O3/c1-2-3-4-15-20-13-6-5-12(7-14(13)23-15)18-9-11(8-17)10-19-16(21)22/h5-8,18-19H,2-4,9-10H2,1H3,(H,21,22)/b11-8-. The minimum absolute atomic E-state index is 0.0649. The van der Waals surface area contributed by atoms with E-state index in [1.807, 2.05) is 12.1 Å². The number of hydrogen-bond acceptors (Lipinski definition) is 4. The number of benzene rings is 1. The van der Waals surface area contributed by atoms with Crippen LogP contribution in [0.25, 0.3) is 11.1 Å². The van der Waals surface area contributed by atoms with Crippen LogP contribution in [-0.4, -0.2) is 29.3 Å². The summed E-state index contributed by atoms with van der Waals surface area (Å²) in [5, 5.41) is 13.7. The minimum Gasteiger partial charge on any atom is -0.465 e. The van der Waals surface area contributed by atoms with E-state index < -0.39 is 6.09 Å². The van der Waals surface area contributed by atoms with Gasteiger partial charge in [0.2, 0.25) is 0 Å². The van der Waals surface area contributed by atoms with Gasteiger partial charge in [-0.1, -0.05) is 13.3 Å². The first-order valence-electron chi connectivity index (χ1n) is 7.50. The zero-order valence-corrected chi connectivity index (χ0v) is 12.9. The smallest absolute Gasteiger partial charge is 0.404 e. The second kappa shape index (κ2) is 8.17. The third-order valence-corrected chi connectivity index (χ3v) is 3.32. The van der Waals surface area contributed by atoms with Crippen molar-refractivity contribution < 1.29 is 18.7 Å². The molecule has 0 bridgehead atoms. The van der Waals surface area contributed by atoms with Crippen LogP contribution in [0.1, 0.15) is 25.7 Å². The van der Waals surface area contributed by atoms with Gasteiger partial charge in [0.05, 0.1) is 6.33 Å². The van der Waals surface area contributed by atoms with E-state index in [9.17, 15) is 9.18 Å². The summed E-state index contributed by atoms with van der Waals surface area (Å²) in [6.07, 6.45) is 2.13. The number of hydrogen-bond donors (Lipinski definition) is 3. The molecular weight excluding hydrogens is 301 g/mol. The highest BCUT2D eigenvalue weighted by molar-refractivity contribution is 5.77. The number of carbonyl (C=O) groups is 1. The SMILES string of the molecule is CCCCc1nc2ccc(NC/C(=C/F)CNC(=O)O)cc2o1. The molecule has 1 aromatic heterocycles. The van der Waals surface area contributed by atoms with Gasteiger partial charge in [-0.05, 0) is 24.1 Å². The maximum Gasteiger partial charge on any atom is 0.404 e. The first-order valence-corrected chi connectivity index (χ1v) is 7.50. The molecule has 7 heteroatoms. The minimum atomic E-state index is -1.19. The van der Waals surface area contributed by atoms with E-state index in [1.165, 1.54) is 0 Å². The summed E-state index contributed by atoms with van der Waals surface area (Å²) in [6, 6.07) is 5.47. The molecule has 0 unspecified atom stereocenters. The molecule has 0 spiro atoms. The highest BCUT2D eigenvalue weighted by Gasteiger charge is 2.07. The molecule has 0 aliphatic rings. The quantitative estimate of drug-likeness (QED) is 0.690. The Morgan fingerprint density at radius 2 is 2.26 bits per heavy atom. The number of aromatic nitrogens is 1. The van der Waals surface area contributed by atoms with E-state index >= 15 is 0 Å². The topological polar surface area (TPSA) is 87.4 Å². The molecule has 1 aromatic carbocycles. The monoisotopic (exact) mass is 321 g/mol. The molecule has 124 valence electrons. The fourth-order valence-corrected chi connectivity index (χ4v) is 2.06. The molecule has 2 aromatic rings. The Kier molecular flexibility index (Phi) is 5.96. The lowest BCUT2D eigenvalue weighted by molar-refractivity contribution is 0.195. The van der Waals surface area contributed by atoms with Crippen LogP contribution < -0.4 is 10.6 Å². The number of unbranched alkanes of at least 4 members (excludes halogenated alkanes) is 1. The number of halogens is 1. The number of nitrogens with one attached hydrogen (secondary N) is 2. The second-order valence-corrected chi connectivity index (χ2v) is 5.17. The lowest BCUT2D eigenvalue weighted by Crippen LogP contribution is -2.25. The van der Waals surface area contributed by atoms with Gasteiger partial charge in [0.25, 0.3) is 0 Å². The maximum absolute atomic E-state index is 12.7. The average molecular weight is 321 g/mol. The Labute approximate surface area is 133 Å². The summed E-state index contributed by atoms with van der Waals surface area (Å²) in [6.45, 7) is 2.24. The van der Waals surface area contributed by atoms with Crippen LogP contribution >= 0.6 is 0 Å². The van der Waals surface area contributed by atoms with Crippen molar-refractivity contribution in [3.05, 3.63) is 36.0 Å². The Hall–Kier alpha value is -2.57. The van der Waals surface area contributed by atoms with Crippen molar-refractivity contribution in [1.82, 2.24) is 10.3 Å². The predicted molar refractivity (Wildman–Crippen MR) is 86.3 cm³/mol. The third kappa shape index (κ3) is 4.98. The molecule has 2 rings (SSSR count). The number of aryl methyl sites for hydroxylation is 1. The zero-order chi connectivity index (χ0) is 16.7. The van der Waals surface area contributed by atoms with Gasteiger partial charge in [0.15, 0.2) is 11.5 Å². The average Bonchev–Trinajstić information content (AvgIpc) is 2.94. The molecule has 0 saturated carbocycles.